The summed E-state index contributed by atoms with van der Waals surface area (Å²) >= 11 is 12.0. The minimum atomic E-state index is -0.581. The van der Waals surface area contributed by atoms with Crippen molar-refractivity contribution in [3.05, 3.63) is 50.6 Å². The Balaban J connectivity index is 2.37. The topological polar surface area (TPSA) is 47.3 Å². The Morgan fingerprint density at radius 3 is 2.68 bits per heavy atom. The van der Waals surface area contributed by atoms with E-state index in [0.717, 1.165) is 18.4 Å². The molecule has 0 aromatic carbocycles. The van der Waals surface area contributed by atoms with Crippen molar-refractivity contribution in [3.8, 4) is 0 Å². The van der Waals surface area contributed by atoms with Crippen molar-refractivity contribution in [2.45, 2.75) is 26.2 Å². The molecule has 0 N–H and O–H groups in total. The lowest BCUT2D eigenvalue weighted by Crippen LogP contribution is -2.06. The highest BCUT2D eigenvalue weighted by molar-refractivity contribution is 6.50. The largest absolute Gasteiger partial charge is 0.428 e. The first-order valence-electron chi connectivity index (χ1n) is 5.89. The van der Waals surface area contributed by atoms with E-state index < -0.39 is 5.63 Å². The molecular weight excluding hydrogens is 287 g/mol. The molecular formula is C14H12Cl2O3. The van der Waals surface area contributed by atoms with Gasteiger partial charge in [0.2, 0.25) is 0 Å². The van der Waals surface area contributed by atoms with Crippen molar-refractivity contribution in [2.75, 3.05) is 0 Å². The number of hydrogen-bond acceptors (Lipinski definition) is 3. The molecule has 0 spiro atoms. The molecule has 1 saturated carbocycles. The number of rotatable bonds is 2. The second kappa shape index (κ2) is 5.76. The van der Waals surface area contributed by atoms with Crippen molar-refractivity contribution < 1.29 is 9.21 Å². The zero-order valence-corrected chi connectivity index (χ0v) is 11.8. The molecule has 3 nitrogen and oxygen atoms in total. The quantitative estimate of drug-likeness (QED) is 0.779. The number of carbonyl (C=O) groups is 1. The fraction of sp³-hybridized carbons (Fsp3) is 0.286. The minimum absolute atomic E-state index is 0.122. The first kappa shape index (κ1) is 14.1. The van der Waals surface area contributed by atoms with Crippen LogP contribution in [-0.2, 0) is 4.79 Å². The van der Waals surface area contributed by atoms with E-state index in [9.17, 15) is 9.59 Å². The van der Waals surface area contributed by atoms with Crippen molar-refractivity contribution in [1.29, 1.82) is 0 Å². The van der Waals surface area contributed by atoms with E-state index in [1.165, 1.54) is 12.1 Å². The average molecular weight is 299 g/mol. The van der Waals surface area contributed by atoms with Crippen LogP contribution in [0.15, 0.2) is 33.0 Å². The Morgan fingerprint density at radius 2 is 2.11 bits per heavy atom. The van der Waals surface area contributed by atoms with Gasteiger partial charge in [-0.1, -0.05) is 29.3 Å². The minimum Gasteiger partial charge on any atom is -0.428 e. The maximum Gasteiger partial charge on any atom is 0.346 e. The maximum absolute atomic E-state index is 11.7. The Bertz CT molecular complexity index is 639. The summed E-state index contributed by atoms with van der Waals surface area (Å²) in [6.07, 6.45) is 5.35. The van der Waals surface area contributed by atoms with E-state index in [-0.39, 0.29) is 21.4 Å². The predicted octanol–water partition coefficient (Wildman–Crippen LogP) is 3.86. The van der Waals surface area contributed by atoms with Gasteiger partial charge in [-0.3, -0.25) is 4.79 Å². The van der Waals surface area contributed by atoms with Crippen molar-refractivity contribution in [1.82, 2.24) is 0 Å². The third kappa shape index (κ3) is 3.17. The number of halogens is 2. The van der Waals surface area contributed by atoms with Gasteiger partial charge < -0.3 is 4.42 Å². The zero-order valence-electron chi connectivity index (χ0n) is 10.3. The maximum atomic E-state index is 11.7. The molecule has 1 aliphatic rings. The van der Waals surface area contributed by atoms with Gasteiger partial charge in [-0.05, 0) is 37.5 Å². The summed E-state index contributed by atoms with van der Waals surface area (Å²) in [5, 5.41) is 0.414. The molecule has 1 heterocycles. The number of Topliss-reactive ketones (excluding diaryl/α,β-unsaturated/α-hetero) is 1. The van der Waals surface area contributed by atoms with Crippen LogP contribution in [0, 0.1) is 6.92 Å². The monoisotopic (exact) mass is 298 g/mol. The van der Waals surface area contributed by atoms with Gasteiger partial charge in [-0.25, -0.2) is 4.79 Å². The molecule has 100 valence electrons. The van der Waals surface area contributed by atoms with Crippen LogP contribution in [0.3, 0.4) is 0 Å². The summed E-state index contributed by atoms with van der Waals surface area (Å²) in [7, 11) is 0. The molecule has 19 heavy (non-hydrogen) atoms. The van der Waals surface area contributed by atoms with Gasteiger partial charge in [0.15, 0.2) is 5.78 Å². The molecule has 1 aliphatic carbocycles. The second-order valence-electron chi connectivity index (χ2n) is 4.35. The van der Waals surface area contributed by atoms with Crippen LogP contribution in [0.5, 0.6) is 0 Å². The van der Waals surface area contributed by atoms with E-state index in [2.05, 4.69) is 0 Å². The number of aryl methyl sites for hydroxylation is 1. The van der Waals surface area contributed by atoms with Gasteiger partial charge >= 0.3 is 5.63 Å². The SMILES string of the molecule is Cc1cc(Cl)c(/C(Cl)=C/C=C2/CCCC2=O)c(=O)o1. The molecule has 1 fully saturated rings. The summed E-state index contributed by atoms with van der Waals surface area (Å²) in [6, 6.07) is 1.53. The Hall–Kier alpha value is -1.32. The third-order valence-corrected chi connectivity index (χ3v) is 3.52. The molecule has 0 bridgehead atoms. The summed E-state index contributed by atoms with van der Waals surface area (Å²) in [6.45, 7) is 1.63. The van der Waals surface area contributed by atoms with Gasteiger partial charge in [0, 0.05) is 6.42 Å². The highest BCUT2D eigenvalue weighted by atomic mass is 35.5. The number of hydrogen-bond donors (Lipinski definition) is 0. The van der Waals surface area contributed by atoms with Crippen LogP contribution < -0.4 is 5.63 Å². The van der Waals surface area contributed by atoms with Crippen LogP contribution in [0.2, 0.25) is 5.02 Å². The standard InChI is InChI=1S/C14H12Cl2O3/c1-8-7-11(16)13(14(18)19-8)10(15)6-5-9-3-2-4-12(9)17/h5-7H,2-4H2,1H3/b9-5-,10-6-. The first-order valence-corrected chi connectivity index (χ1v) is 6.65. The zero-order chi connectivity index (χ0) is 14.0. The normalized spacial score (nSPS) is 18.4. The van der Waals surface area contributed by atoms with Gasteiger partial charge in [-0.2, -0.15) is 0 Å². The Morgan fingerprint density at radius 1 is 1.37 bits per heavy atom. The van der Waals surface area contributed by atoms with Gasteiger partial charge in [0.05, 0.1) is 15.6 Å². The Kier molecular flexibility index (Phi) is 4.27. The Labute approximate surface area is 120 Å². The molecule has 1 aromatic heterocycles. The number of carbonyl (C=O) groups excluding carboxylic acids is 1. The molecule has 0 atom stereocenters. The molecule has 5 heteroatoms. The lowest BCUT2D eigenvalue weighted by Gasteiger charge is -2.01. The molecule has 0 radical (unpaired) electrons. The third-order valence-electron chi connectivity index (χ3n) is 2.90. The number of allylic oxidation sites excluding steroid dienone is 3. The van der Waals surface area contributed by atoms with E-state index in [0.29, 0.717) is 12.2 Å². The van der Waals surface area contributed by atoms with Crippen LogP contribution >= 0.6 is 23.2 Å². The summed E-state index contributed by atoms with van der Waals surface area (Å²) in [5.74, 6) is 0.551. The summed E-state index contributed by atoms with van der Waals surface area (Å²) < 4.78 is 4.95. The molecule has 0 amide bonds. The lowest BCUT2D eigenvalue weighted by molar-refractivity contribution is -0.114. The molecule has 2 rings (SSSR count). The molecule has 0 aliphatic heterocycles. The van der Waals surface area contributed by atoms with Crippen molar-refractivity contribution in [3.63, 3.8) is 0 Å². The van der Waals surface area contributed by atoms with Crippen LogP contribution in [0.25, 0.3) is 5.03 Å². The highest BCUT2D eigenvalue weighted by Gasteiger charge is 2.16. The summed E-state index contributed by atoms with van der Waals surface area (Å²) in [5.41, 5.74) is 0.268. The fourth-order valence-electron chi connectivity index (χ4n) is 1.96. The van der Waals surface area contributed by atoms with Crippen molar-refractivity contribution >= 4 is 34.0 Å². The lowest BCUT2D eigenvalue weighted by atomic mass is 10.2. The van der Waals surface area contributed by atoms with Crippen molar-refractivity contribution in [2.24, 2.45) is 0 Å². The number of ketones is 1. The smallest absolute Gasteiger partial charge is 0.346 e. The fourth-order valence-corrected chi connectivity index (χ4v) is 2.58. The van der Waals surface area contributed by atoms with Crippen LogP contribution in [-0.4, -0.2) is 5.78 Å². The molecule has 1 aromatic rings. The second-order valence-corrected chi connectivity index (χ2v) is 5.17. The van der Waals surface area contributed by atoms with E-state index in [1.807, 2.05) is 0 Å². The highest BCUT2D eigenvalue weighted by Crippen LogP contribution is 2.26. The van der Waals surface area contributed by atoms with E-state index in [4.69, 9.17) is 27.6 Å². The van der Waals surface area contributed by atoms with Gasteiger partial charge in [-0.15, -0.1) is 0 Å². The van der Waals surface area contributed by atoms with E-state index >= 15 is 0 Å². The molecule has 0 saturated heterocycles. The predicted molar refractivity (Wildman–Crippen MR) is 75.5 cm³/mol. The summed E-state index contributed by atoms with van der Waals surface area (Å²) in [4.78, 5) is 23.2. The average Bonchev–Trinajstić information content (AvgIpc) is 2.70. The van der Waals surface area contributed by atoms with Crippen LogP contribution in [0.1, 0.15) is 30.6 Å². The first-order chi connectivity index (χ1) is 8.99. The molecule has 0 unspecified atom stereocenters. The van der Waals surface area contributed by atoms with Gasteiger partial charge in [0.25, 0.3) is 0 Å². The van der Waals surface area contributed by atoms with Crippen LogP contribution in [0.4, 0.5) is 0 Å². The van der Waals surface area contributed by atoms with Gasteiger partial charge in [0.1, 0.15) is 5.76 Å². The van der Waals surface area contributed by atoms with E-state index in [1.54, 1.807) is 13.0 Å².